The summed E-state index contributed by atoms with van der Waals surface area (Å²) in [5.74, 6) is -0.649. The number of primary amides is 1. The fraction of sp³-hybridized carbons (Fsp3) is 0.125. The van der Waals surface area contributed by atoms with Crippen LogP contribution in [0.1, 0.15) is 17.4 Å². The quantitative estimate of drug-likeness (QED) is 0.481. The Labute approximate surface area is 186 Å². The van der Waals surface area contributed by atoms with E-state index < -0.39 is 15.7 Å². The zero-order chi connectivity index (χ0) is 22.9. The van der Waals surface area contributed by atoms with Crippen molar-refractivity contribution < 1.29 is 13.2 Å². The predicted octanol–water partition coefficient (Wildman–Crippen LogP) is 3.96. The number of carbonyl (C=O) groups is 1. The molecule has 2 N–H and O–H groups in total. The molecule has 0 bridgehead atoms. The first kappa shape index (κ1) is 21.5. The van der Waals surface area contributed by atoms with Crippen LogP contribution in [0.2, 0.25) is 0 Å². The molecule has 1 aromatic heterocycles. The number of carbonyl (C=O) groups excluding carboxylic acids is 1. The van der Waals surface area contributed by atoms with E-state index in [0.29, 0.717) is 17.7 Å². The fourth-order valence-corrected chi connectivity index (χ4v) is 4.31. The van der Waals surface area contributed by atoms with Crippen molar-refractivity contribution in [3.8, 4) is 11.1 Å². The van der Waals surface area contributed by atoms with Crippen molar-refractivity contribution in [2.45, 2.75) is 11.8 Å². The molecule has 3 aromatic carbocycles. The summed E-state index contributed by atoms with van der Waals surface area (Å²) in [6.07, 6.45) is 1.18. The highest BCUT2D eigenvalue weighted by molar-refractivity contribution is 7.90. The number of benzene rings is 3. The van der Waals surface area contributed by atoms with Crippen molar-refractivity contribution in [2.24, 2.45) is 5.73 Å². The van der Waals surface area contributed by atoms with E-state index in [1.807, 2.05) is 60.4 Å². The van der Waals surface area contributed by atoms with Crippen LogP contribution in [0.4, 0.5) is 11.4 Å². The Morgan fingerprint density at radius 1 is 0.938 bits per heavy atom. The van der Waals surface area contributed by atoms with Gasteiger partial charge in [0.2, 0.25) is 0 Å². The Morgan fingerprint density at radius 2 is 1.59 bits per heavy atom. The summed E-state index contributed by atoms with van der Waals surface area (Å²) in [5, 5.41) is 9.13. The van der Waals surface area contributed by atoms with Gasteiger partial charge >= 0.3 is 0 Å². The van der Waals surface area contributed by atoms with Crippen LogP contribution < -0.4 is 10.6 Å². The molecule has 162 valence electrons. The number of para-hydroxylation sites is 1. The Bertz CT molecular complexity index is 1400. The molecular weight excluding hydrogens is 424 g/mol. The maximum absolute atomic E-state index is 12.2. The van der Waals surface area contributed by atoms with E-state index in [1.165, 1.54) is 6.26 Å². The third-order valence-corrected chi connectivity index (χ3v) is 6.37. The average molecular weight is 447 g/mol. The third-order valence-electron chi connectivity index (χ3n) is 5.24. The van der Waals surface area contributed by atoms with Gasteiger partial charge in [-0.2, -0.15) is 0 Å². The number of sulfone groups is 1. The summed E-state index contributed by atoms with van der Waals surface area (Å²) in [5.41, 5.74) is 9.55. The number of anilines is 2. The van der Waals surface area contributed by atoms with E-state index in [1.54, 1.807) is 24.3 Å². The van der Waals surface area contributed by atoms with Gasteiger partial charge in [0.15, 0.2) is 15.5 Å². The topological polar surface area (TPSA) is 106 Å². The smallest absolute Gasteiger partial charge is 0.271 e. The van der Waals surface area contributed by atoms with Gasteiger partial charge < -0.3 is 10.6 Å². The van der Waals surface area contributed by atoms with E-state index in [-0.39, 0.29) is 10.6 Å². The van der Waals surface area contributed by atoms with Crippen LogP contribution >= 0.6 is 0 Å². The van der Waals surface area contributed by atoms with Gasteiger partial charge in [-0.1, -0.05) is 36.4 Å². The highest BCUT2D eigenvalue weighted by Gasteiger charge is 2.21. The van der Waals surface area contributed by atoms with Gasteiger partial charge in [-0.3, -0.25) is 4.79 Å². The summed E-state index contributed by atoms with van der Waals surface area (Å²) in [4.78, 5) is 14.4. The van der Waals surface area contributed by atoms with Gasteiger partial charge in [0.1, 0.15) is 0 Å². The Balaban J connectivity index is 1.87. The van der Waals surface area contributed by atoms with E-state index in [4.69, 9.17) is 5.73 Å². The minimum Gasteiger partial charge on any atom is -0.364 e. The molecule has 0 saturated carbocycles. The van der Waals surface area contributed by atoms with Gasteiger partial charge in [-0.25, -0.2) is 8.42 Å². The number of amides is 1. The molecule has 0 aliphatic carbocycles. The van der Waals surface area contributed by atoms with Gasteiger partial charge in [0.25, 0.3) is 5.91 Å². The monoisotopic (exact) mass is 446 g/mol. The standard InChI is InChI=1S/C24H22N4O3S/c1-3-28(18-7-5-4-6-8-18)23-20-14-11-17(15-21(20)26-27-22(23)24(25)29)16-9-12-19(13-10-16)32(2,30)31/h4-15H,3H2,1-2H3,(H2,25,29). The van der Waals surface area contributed by atoms with Gasteiger partial charge in [0, 0.05) is 23.9 Å². The van der Waals surface area contributed by atoms with Crippen molar-refractivity contribution in [1.82, 2.24) is 10.2 Å². The number of hydrogen-bond donors (Lipinski definition) is 1. The molecule has 0 spiro atoms. The van der Waals surface area contributed by atoms with Crippen LogP contribution in [0, 0.1) is 0 Å². The summed E-state index contributed by atoms with van der Waals surface area (Å²) in [7, 11) is -3.27. The average Bonchev–Trinajstić information content (AvgIpc) is 2.79. The van der Waals surface area contributed by atoms with Crippen molar-refractivity contribution in [1.29, 1.82) is 0 Å². The Kier molecular flexibility index (Phi) is 5.63. The first-order valence-electron chi connectivity index (χ1n) is 10.0. The third kappa shape index (κ3) is 4.04. The number of nitrogens with two attached hydrogens (primary N) is 1. The molecule has 0 radical (unpaired) electrons. The molecule has 1 heterocycles. The Morgan fingerprint density at radius 3 is 2.19 bits per heavy atom. The molecule has 0 atom stereocenters. The predicted molar refractivity (Wildman–Crippen MR) is 126 cm³/mol. The van der Waals surface area contributed by atoms with E-state index >= 15 is 0 Å². The van der Waals surface area contributed by atoms with E-state index in [9.17, 15) is 13.2 Å². The summed E-state index contributed by atoms with van der Waals surface area (Å²) >= 11 is 0. The molecular formula is C24H22N4O3S. The first-order valence-corrected chi connectivity index (χ1v) is 11.9. The van der Waals surface area contributed by atoms with Gasteiger partial charge in [-0.15, -0.1) is 10.2 Å². The molecule has 1 amide bonds. The van der Waals surface area contributed by atoms with Crippen LogP contribution in [0.25, 0.3) is 22.0 Å². The molecule has 0 unspecified atom stereocenters. The highest BCUT2D eigenvalue weighted by Crippen LogP contribution is 2.35. The summed E-state index contributed by atoms with van der Waals surface area (Å²) in [6.45, 7) is 2.58. The SMILES string of the molecule is CCN(c1ccccc1)c1c(C(N)=O)nnc2cc(-c3ccc(S(C)(=O)=O)cc3)ccc12. The molecule has 8 heteroatoms. The second kappa shape index (κ2) is 8.39. The normalized spacial score (nSPS) is 11.4. The van der Waals surface area contributed by atoms with Crippen LogP contribution in [-0.4, -0.2) is 37.3 Å². The maximum Gasteiger partial charge on any atom is 0.271 e. The molecule has 7 nitrogen and oxygen atoms in total. The number of nitrogens with zero attached hydrogens (tertiary/aromatic N) is 3. The maximum atomic E-state index is 12.2. The van der Waals surface area contributed by atoms with E-state index in [2.05, 4.69) is 10.2 Å². The van der Waals surface area contributed by atoms with Crippen molar-refractivity contribution in [3.63, 3.8) is 0 Å². The molecule has 0 aliphatic heterocycles. The lowest BCUT2D eigenvalue weighted by Gasteiger charge is -2.25. The van der Waals surface area contributed by atoms with Gasteiger partial charge in [0.05, 0.1) is 16.1 Å². The molecule has 4 rings (SSSR count). The number of hydrogen-bond acceptors (Lipinski definition) is 6. The van der Waals surface area contributed by atoms with Gasteiger partial charge in [-0.05, 0) is 54.4 Å². The lowest BCUT2D eigenvalue weighted by Crippen LogP contribution is -2.24. The molecule has 0 fully saturated rings. The first-order chi connectivity index (χ1) is 15.3. The molecule has 4 aromatic rings. The molecule has 0 saturated heterocycles. The minimum absolute atomic E-state index is 0.105. The van der Waals surface area contributed by atoms with Crippen LogP contribution in [-0.2, 0) is 9.84 Å². The number of rotatable bonds is 6. The van der Waals surface area contributed by atoms with Crippen molar-refractivity contribution >= 4 is 38.0 Å². The Hall–Kier alpha value is -3.78. The summed E-state index contributed by atoms with van der Waals surface area (Å²) < 4.78 is 23.5. The molecule has 32 heavy (non-hydrogen) atoms. The minimum atomic E-state index is -3.27. The highest BCUT2D eigenvalue weighted by atomic mass is 32.2. The van der Waals surface area contributed by atoms with E-state index in [0.717, 1.165) is 22.2 Å². The summed E-state index contributed by atoms with van der Waals surface area (Å²) in [6, 6.07) is 22.0. The molecule has 0 aliphatic rings. The van der Waals surface area contributed by atoms with Crippen LogP contribution in [0.15, 0.2) is 77.7 Å². The second-order valence-electron chi connectivity index (χ2n) is 7.37. The largest absolute Gasteiger partial charge is 0.364 e. The number of fused-ring (bicyclic) bond motifs is 1. The van der Waals surface area contributed by atoms with Crippen LogP contribution in [0.5, 0.6) is 0 Å². The zero-order valence-corrected chi connectivity index (χ0v) is 18.5. The van der Waals surface area contributed by atoms with Crippen LogP contribution in [0.3, 0.4) is 0 Å². The second-order valence-corrected chi connectivity index (χ2v) is 9.39. The zero-order valence-electron chi connectivity index (χ0n) is 17.7. The lowest BCUT2D eigenvalue weighted by atomic mass is 10.0. The number of aromatic nitrogens is 2. The van der Waals surface area contributed by atoms with Crippen molar-refractivity contribution in [2.75, 3.05) is 17.7 Å². The lowest BCUT2D eigenvalue weighted by molar-refractivity contribution is 0.0995. The van der Waals surface area contributed by atoms with Crippen molar-refractivity contribution in [3.05, 3.63) is 78.5 Å². The fourth-order valence-electron chi connectivity index (χ4n) is 3.68.